The molecule has 0 saturated carbocycles. The average molecular weight is 381 g/mol. The number of hydrogen-bond acceptors (Lipinski definition) is 5. The number of ether oxygens (including phenoxy) is 3. The van der Waals surface area contributed by atoms with Crippen molar-refractivity contribution in [3.05, 3.63) is 42.0 Å². The van der Waals surface area contributed by atoms with Crippen LogP contribution in [0.2, 0.25) is 0 Å². The van der Waals surface area contributed by atoms with E-state index in [1.807, 2.05) is 37.3 Å². The van der Waals surface area contributed by atoms with Crippen LogP contribution in [-0.4, -0.2) is 60.9 Å². The van der Waals surface area contributed by atoms with Gasteiger partial charge in [0, 0.05) is 25.2 Å². The molecule has 0 aliphatic carbocycles. The van der Waals surface area contributed by atoms with Crippen molar-refractivity contribution in [1.82, 2.24) is 14.9 Å². The molecule has 0 amide bonds. The second-order valence-corrected chi connectivity index (χ2v) is 6.95. The first-order valence-corrected chi connectivity index (χ1v) is 9.90. The second kappa shape index (κ2) is 8.63. The van der Waals surface area contributed by atoms with E-state index in [1.165, 1.54) is 0 Å². The molecule has 2 aromatic carbocycles. The van der Waals surface area contributed by atoms with Crippen LogP contribution >= 0.6 is 0 Å². The highest BCUT2D eigenvalue weighted by molar-refractivity contribution is 5.82. The predicted octanol–water partition coefficient (Wildman–Crippen LogP) is 3.65. The number of hydrogen-bond donors (Lipinski definition) is 1. The van der Waals surface area contributed by atoms with Crippen molar-refractivity contribution in [3.63, 3.8) is 0 Å². The number of aromatic nitrogens is 2. The molecule has 6 nitrogen and oxygen atoms in total. The molecule has 0 spiro atoms. The minimum atomic E-state index is 0.586. The predicted molar refractivity (Wildman–Crippen MR) is 110 cm³/mol. The summed E-state index contributed by atoms with van der Waals surface area (Å²) in [5.41, 5.74) is 4.19. The van der Waals surface area contributed by atoms with Gasteiger partial charge in [-0.05, 0) is 43.7 Å². The van der Waals surface area contributed by atoms with Crippen LogP contribution in [0.3, 0.4) is 0 Å². The summed E-state index contributed by atoms with van der Waals surface area (Å²) in [4.78, 5) is 10.5. The van der Waals surface area contributed by atoms with Crippen molar-refractivity contribution in [1.29, 1.82) is 0 Å². The van der Waals surface area contributed by atoms with Gasteiger partial charge < -0.3 is 19.2 Å². The lowest BCUT2D eigenvalue weighted by Crippen LogP contribution is -2.38. The van der Waals surface area contributed by atoms with E-state index >= 15 is 0 Å². The number of para-hydroxylation sites is 1. The third-order valence-electron chi connectivity index (χ3n) is 5.00. The molecule has 4 rings (SSSR count). The van der Waals surface area contributed by atoms with Crippen LogP contribution in [0.1, 0.15) is 12.5 Å². The fourth-order valence-corrected chi connectivity index (χ4v) is 3.46. The number of rotatable bonds is 7. The first-order valence-electron chi connectivity index (χ1n) is 9.90. The average Bonchev–Trinajstić information content (AvgIpc) is 3.16. The molecule has 1 saturated heterocycles. The van der Waals surface area contributed by atoms with Crippen LogP contribution in [0, 0.1) is 6.92 Å². The zero-order valence-corrected chi connectivity index (χ0v) is 16.5. The maximum atomic E-state index is 6.02. The van der Waals surface area contributed by atoms with Crippen molar-refractivity contribution in [2.75, 3.05) is 46.1 Å². The highest BCUT2D eigenvalue weighted by Gasteiger charge is 2.13. The van der Waals surface area contributed by atoms with Crippen molar-refractivity contribution in [2.24, 2.45) is 0 Å². The topological polar surface area (TPSA) is 59.6 Å². The maximum Gasteiger partial charge on any atom is 0.161 e. The highest BCUT2D eigenvalue weighted by Crippen LogP contribution is 2.33. The zero-order chi connectivity index (χ0) is 19.3. The first-order chi connectivity index (χ1) is 13.7. The molecule has 0 bridgehead atoms. The summed E-state index contributed by atoms with van der Waals surface area (Å²) in [5.74, 6) is 2.36. The van der Waals surface area contributed by atoms with Gasteiger partial charge in [0.05, 0.1) is 30.9 Å². The van der Waals surface area contributed by atoms with Crippen molar-refractivity contribution in [3.8, 4) is 22.9 Å². The summed E-state index contributed by atoms with van der Waals surface area (Å²) in [5, 5.41) is 0. The van der Waals surface area contributed by atoms with E-state index in [-0.39, 0.29) is 0 Å². The third-order valence-corrected chi connectivity index (χ3v) is 5.00. The van der Waals surface area contributed by atoms with E-state index in [1.54, 1.807) is 0 Å². The number of H-pyrrole nitrogens is 1. The van der Waals surface area contributed by atoms with Gasteiger partial charge in [-0.1, -0.05) is 12.1 Å². The van der Waals surface area contributed by atoms with E-state index in [0.29, 0.717) is 13.2 Å². The Hall–Kier alpha value is -2.57. The van der Waals surface area contributed by atoms with E-state index in [4.69, 9.17) is 19.2 Å². The standard InChI is InChI=1S/C22H27N3O3/c1-3-27-20-15-17(22-23-18-6-4-5-16(2)21(18)24-22)7-8-19(20)28-14-11-25-9-12-26-13-10-25/h4-8,15H,3,9-14H2,1-2H3,(H,23,24). The van der Waals surface area contributed by atoms with Crippen molar-refractivity contribution in [2.45, 2.75) is 13.8 Å². The number of benzene rings is 2. The first kappa shape index (κ1) is 18.8. The Morgan fingerprint density at radius 3 is 2.75 bits per heavy atom. The lowest BCUT2D eigenvalue weighted by Gasteiger charge is -2.26. The van der Waals surface area contributed by atoms with Crippen molar-refractivity contribution >= 4 is 11.0 Å². The van der Waals surface area contributed by atoms with Gasteiger partial charge in [-0.3, -0.25) is 4.90 Å². The summed E-state index contributed by atoms with van der Waals surface area (Å²) in [7, 11) is 0. The maximum absolute atomic E-state index is 6.02. The molecular formula is C22H27N3O3. The molecule has 0 unspecified atom stereocenters. The Morgan fingerprint density at radius 1 is 1.11 bits per heavy atom. The summed E-state index contributed by atoms with van der Waals surface area (Å²) >= 11 is 0. The number of nitrogens with one attached hydrogen (secondary N) is 1. The summed E-state index contributed by atoms with van der Waals surface area (Å²) < 4.78 is 17.3. The monoisotopic (exact) mass is 381 g/mol. The fourth-order valence-electron chi connectivity index (χ4n) is 3.46. The van der Waals surface area contributed by atoms with E-state index in [9.17, 15) is 0 Å². The molecular weight excluding hydrogens is 354 g/mol. The molecule has 3 aromatic rings. The molecule has 2 heterocycles. The van der Waals surface area contributed by atoms with Crippen LogP contribution in [-0.2, 0) is 4.74 Å². The number of aromatic amines is 1. The minimum Gasteiger partial charge on any atom is -0.490 e. The van der Waals surface area contributed by atoms with Gasteiger partial charge in [0.1, 0.15) is 12.4 Å². The van der Waals surface area contributed by atoms with Gasteiger partial charge in [-0.15, -0.1) is 0 Å². The molecule has 0 radical (unpaired) electrons. The molecule has 0 atom stereocenters. The minimum absolute atomic E-state index is 0.586. The summed E-state index contributed by atoms with van der Waals surface area (Å²) in [6.07, 6.45) is 0. The van der Waals surface area contributed by atoms with Gasteiger partial charge >= 0.3 is 0 Å². The van der Waals surface area contributed by atoms with Crippen LogP contribution in [0.5, 0.6) is 11.5 Å². The number of nitrogens with zero attached hydrogens (tertiary/aromatic N) is 2. The number of morpholine rings is 1. The van der Waals surface area contributed by atoms with Crippen molar-refractivity contribution < 1.29 is 14.2 Å². The van der Waals surface area contributed by atoms with Gasteiger partial charge in [0.15, 0.2) is 11.5 Å². The number of aryl methyl sites for hydroxylation is 1. The Balaban J connectivity index is 1.51. The molecule has 1 aromatic heterocycles. The second-order valence-electron chi connectivity index (χ2n) is 6.95. The molecule has 148 valence electrons. The van der Waals surface area contributed by atoms with Gasteiger partial charge in [0.25, 0.3) is 0 Å². The molecule has 1 aliphatic heterocycles. The zero-order valence-electron chi connectivity index (χ0n) is 16.5. The molecule has 1 aliphatic rings. The SMILES string of the molecule is CCOc1cc(-c2nc3c(C)cccc3[nH]2)ccc1OCCN1CCOCC1. The number of imidazole rings is 1. The van der Waals surface area contributed by atoms with Crippen LogP contribution < -0.4 is 9.47 Å². The Bertz CT molecular complexity index is 932. The third kappa shape index (κ3) is 4.13. The lowest BCUT2D eigenvalue weighted by atomic mass is 10.2. The Labute approximate surface area is 165 Å². The number of fused-ring (bicyclic) bond motifs is 1. The van der Waals surface area contributed by atoms with Gasteiger partial charge in [0.2, 0.25) is 0 Å². The van der Waals surface area contributed by atoms with Crippen LogP contribution in [0.4, 0.5) is 0 Å². The van der Waals surface area contributed by atoms with Crippen LogP contribution in [0.25, 0.3) is 22.4 Å². The van der Waals surface area contributed by atoms with E-state index < -0.39 is 0 Å². The molecule has 6 heteroatoms. The van der Waals surface area contributed by atoms with Gasteiger partial charge in [-0.25, -0.2) is 4.98 Å². The normalized spacial score (nSPS) is 15.1. The molecule has 1 fully saturated rings. The lowest BCUT2D eigenvalue weighted by molar-refractivity contribution is 0.0321. The van der Waals surface area contributed by atoms with E-state index in [0.717, 1.165) is 72.3 Å². The van der Waals surface area contributed by atoms with E-state index in [2.05, 4.69) is 22.9 Å². The highest BCUT2D eigenvalue weighted by atomic mass is 16.5. The largest absolute Gasteiger partial charge is 0.490 e. The smallest absolute Gasteiger partial charge is 0.161 e. The summed E-state index contributed by atoms with van der Waals surface area (Å²) in [6.45, 7) is 9.69. The molecule has 1 N–H and O–H groups in total. The van der Waals surface area contributed by atoms with Gasteiger partial charge in [-0.2, -0.15) is 0 Å². The molecule has 28 heavy (non-hydrogen) atoms. The fraction of sp³-hybridized carbons (Fsp3) is 0.409. The Kier molecular flexibility index (Phi) is 5.78. The quantitative estimate of drug-likeness (QED) is 0.677. The Morgan fingerprint density at radius 2 is 1.96 bits per heavy atom. The van der Waals surface area contributed by atoms with Crippen LogP contribution in [0.15, 0.2) is 36.4 Å². The summed E-state index contributed by atoms with van der Waals surface area (Å²) in [6, 6.07) is 12.2.